The summed E-state index contributed by atoms with van der Waals surface area (Å²) in [4.78, 5) is 23.9. The fraction of sp³-hybridized carbons (Fsp3) is 0.364. The first kappa shape index (κ1) is 20.5. The summed E-state index contributed by atoms with van der Waals surface area (Å²) in [6.45, 7) is 8.22. The van der Waals surface area contributed by atoms with E-state index in [9.17, 15) is 9.59 Å². The highest BCUT2D eigenvalue weighted by Crippen LogP contribution is 2.24. The van der Waals surface area contributed by atoms with Crippen molar-refractivity contribution in [2.45, 2.75) is 39.5 Å². The molecule has 0 saturated heterocycles. The lowest BCUT2D eigenvalue weighted by Crippen LogP contribution is -2.35. The van der Waals surface area contributed by atoms with Gasteiger partial charge in [0.25, 0.3) is 5.91 Å². The van der Waals surface area contributed by atoms with Crippen molar-refractivity contribution in [3.8, 4) is 5.75 Å². The lowest BCUT2D eigenvalue weighted by atomic mass is 9.87. The molecule has 2 aromatic rings. The number of carbonyl (C=O) groups excluding carboxylic acids is 2. The van der Waals surface area contributed by atoms with Gasteiger partial charge in [-0.1, -0.05) is 58.0 Å². The van der Waals surface area contributed by atoms with E-state index < -0.39 is 0 Å². The van der Waals surface area contributed by atoms with E-state index in [1.807, 2.05) is 55.5 Å². The van der Waals surface area contributed by atoms with Gasteiger partial charge in [0.05, 0.1) is 6.54 Å². The molecule has 0 aromatic heterocycles. The Morgan fingerprint density at radius 1 is 0.963 bits per heavy atom. The maximum atomic E-state index is 12.0. The van der Waals surface area contributed by atoms with Gasteiger partial charge in [0.15, 0.2) is 6.61 Å². The summed E-state index contributed by atoms with van der Waals surface area (Å²) in [5.41, 5.74) is 3.09. The van der Waals surface area contributed by atoms with E-state index >= 15 is 0 Å². The van der Waals surface area contributed by atoms with Crippen molar-refractivity contribution in [1.29, 1.82) is 0 Å². The molecule has 0 heterocycles. The third kappa shape index (κ3) is 6.44. The van der Waals surface area contributed by atoms with E-state index in [4.69, 9.17) is 4.74 Å². The highest BCUT2D eigenvalue weighted by molar-refractivity contribution is 5.95. The zero-order valence-electron chi connectivity index (χ0n) is 16.5. The number of ether oxygens (including phenoxy) is 1. The zero-order valence-corrected chi connectivity index (χ0v) is 16.5. The Labute approximate surface area is 161 Å². The third-order valence-electron chi connectivity index (χ3n) is 4.21. The normalized spacial score (nSPS) is 11.0. The molecule has 0 atom stereocenters. The number of aryl methyl sites for hydroxylation is 1. The van der Waals surface area contributed by atoms with Crippen molar-refractivity contribution in [1.82, 2.24) is 5.32 Å². The highest BCUT2D eigenvalue weighted by atomic mass is 16.5. The number of benzene rings is 2. The SMILES string of the molecule is CCc1ccccc1NC(=O)CNC(=O)COc1ccc(C(C)(C)C)cc1. The van der Waals surface area contributed by atoms with Crippen molar-refractivity contribution in [3.05, 3.63) is 59.7 Å². The smallest absolute Gasteiger partial charge is 0.258 e. The molecule has 5 nitrogen and oxygen atoms in total. The molecule has 0 aliphatic rings. The molecule has 0 unspecified atom stereocenters. The molecule has 2 aromatic carbocycles. The number of anilines is 1. The van der Waals surface area contributed by atoms with Gasteiger partial charge in [0.1, 0.15) is 5.75 Å². The van der Waals surface area contributed by atoms with E-state index in [0.29, 0.717) is 5.75 Å². The maximum absolute atomic E-state index is 12.0. The second-order valence-electron chi connectivity index (χ2n) is 7.40. The number of para-hydroxylation sites is 1. The molecule has 27 heavy (non-hydrogen) atoms. The summed E-state index contributed by atoms with van der Waals surface area (Å²) < 4.78 is 5.48. The summed E-state index contributed by atoms with van der Waals surface area (Å²) in [7, 11) is 0. The second-order valence-corrected chi connectivity index (χ2v) is 7.40. The Morgan fingerprint density at radius 3 is 2.26 bits per heavy atom. The van der Waals surface area contributed by atoms with Crippen molar-refractivity contribution in [3.63, 3.8) is 0 Å². The number of carbonyl (C=O) groups is 2. The fourth-order valence-corrected chi connectivity index (χ4v) is 2.57. The van der Waals surface area contributed by atoms with E-state index in [-0.39, 0.29) is 30.4 Å². The summed E-state index contributed by atoms with van der Waals surface area (Å²) in [6.07, 6.45) is 0.824. The van der Waals surface area contributed by atoms with Gasteiger partial charge in [-0.15, -0.1) is 0 Å². The highest BCUT2D eigenvalue weighted by Gasteiger charge is 2.13. The van der Waals surface area contributed by atoms with Crippen LogP contribution in [0.15, 0.2) is 48.5 Å². The molecule has 0 spiro atoms. The molecule has 2 rings (SSSR count). The Bertz CT molecular complexity index is 777. The van der Waals surface area contributed by atoms with Crippen LogP contribution in [0.25, 0.3) is 0 Å². The van der Waals surface area contributed by atoms with Crippen LogP contribution in [-0.2, 0) is 21.4 Å². The van der Waals surface area contributed by atoms with E-state index in [2.05, 4.69) is 31.4 Å². The van der Waals surface area contributed by atoms with Gasteiger partial charge in [-0.05, 0) is 41.2 Å². The lowest BCUT2D eigenvalue weighted by molar-refractivity contribution is -0.125. The number of nitrogens with one attached hydrogen (secondary N) is 2. The molecule has 0 bridgehead atoms. The first-order valence-corrected chi connectivity index (χ1v) is 9.17. The van der Waals surface area contributed by atoms with Gasteiger partial charge in [-0.2, -0.15) is 0 Å². The summed E-state index contributed by atoms with van der Waals surface area (Å²) in [5, 5.41) is 5.39. The van der Waals surface area contributed by atoms with Crippen LogP contribution in [0.1, 0.15) is 38.8 Å². The maximum Gasteiger partial charge on any atom is 0.258 e. The van der Waals surface area contributed by atoms with Crippen molar-refractivity contribution in [2.75, 3.05) is 18.5 Å². The molecule has 0 radical (unpaired) electrons. The van der Waals surface area contributed by atoms with Crippen LogP contribution in [0.5, 0.6) is 5.75 Å². The molecule has 144 valence electrons. The van der Waals surface area contributed by atoms with Crippen molar-refractivity contribution in [2.24, 2.45) is 0 Å². The summed E-state index contributed by atoms with van der Waals surface area (Å²) >= 11 is 0. The van der Waals surface area contributed by atoms with Gasteiger partial charge >= 0.3 is 0 Å². The molecule has 0 fully saturated rings. The van der Waals surface area contributed by atoms with Gasteiger partial charge in [0.2, 0.25) is 5.91 Å². The monoisotopic (exact) mass is 368 g/mol. The molecular formula is C22H28N2O3. The summed E-state index contributed by atoms with van der Waals surface area (Å²) in [5.74, 6) is 0.0204. The Balaban J connectivity index is 1.76. The van der Waals surface area contributed by atoms with Gasteiger partial charge in [-0.25, -0.2) is 0 Å². The lowest BCUT2D eigenvalue weighted by Gasteiger charge is -2.19. The van der Waals surface area contributed by atoms with Gasteiger partial charge in [0, 0.05) is 5.69 Å². The molecular weight excluding hydrogens is 340 g/mol. The predicted molar refractivity (Wildman–Crippen MR) is 108 cm³/mol. The molecule has 0 aliphatic carbocycles. The van der Waals surface area contributed by atoms with Crippen LogP contribution < -0.4 is 15.4 Å². The van der Waals surface area contributed by atoms with Crippen molar-refractivity contribution >= 4 is 17.5 Å². The van der Waals surface area contributed by atoms with Crippen LogP contribution in [0.2, 0.25) is 0 Å². The van der Waals surface area contributed by atoms with Crippen LogP contribution in [0, 0.1) is 0 Å². The second kappa shape index (κ2) is 9.21. The number of rotatable bonds is 7. The molecule has 2 N–H and O–H groups in total. The Kier molecular flexibility index (Phi) is 6.99. The number of hydrogen-bond acceptors (Lipinski definition) is 3. The first-order chi connectivity index (χ1) is 12.8. The predicted octanol–water partition coefficient (Wildman–Crippen LogP) is 3.68. The zero-order chi connectivity index (χ0) is 19.9. The third-order valence-corrected chi connectivity index (χ3v) is 4.21. The Hall–Kier alpha value is -2.82. The van der Waals surface area contributed by atoms with Crippen LogP contribution in [0.3, 0.4) is 0 Å². The van der Waals surface area contributed by atoms with Gasteiger partial charge < -0.3 is 15.4 Å². The average Bonchev–Trinajstić information content (AvgIpc) is 2.64. The first-order valence-electron chi connectivity index (χ1n) is 9.17. The Morgan fingerprint density at radius 2 is 1.63 bits per heavy atom. The van der Waals surface area contributed by atoms with E-state index in [1.165, 1.54) is 5.56 Å². The minimum atomic E-state index is -0.339. The molecule has 0 saturated carbocycles. The number of hydrogen-bond donors (Lipinski definition) is 2. The van der Waals surface area contributed by atoms with Crippen LogP contribution >= 0.6 is 0 Å². The van der Waals surface area contributed by atoms with Crippen molar-refractivity contribution < 1.29 is 14.3 Å². The van der Waals surface area contributed by atoms with E-state index in [1.54, 1.807) is 0 Å². The number of amides is 2. The molecule has 2 amide bonds. The molecule has 0 aliphatic heterocycles. The van der Waals surface area contributed by atoms with Gasteiger partial charge in [-0.3, -0.25) is 9.59 Å². The van der Waals surface area contributed by atoms with Crippen LogP contribution in [0.4, 0.5) is 5.69 Å². The van der Waals surface area contributed by atoms with E-state index in [0.717, 1.165) is 17.7 Å². The van der Waals surface area contributed by atoms with Crippen LogP contribution in [-0.4, -0.2) is 25.0 Å². The fourth-order valence-electron chi connectivity index (χ4n) is 2.57. The largest absolute Gasteiger partial charge is 0.484 e. The average molecular weight is 368 g/mol. The quantitative estimate of drug-likeness (QED) is 0.783. The molecule has 5 heteroatoms. The summed E-state index contributed by atoms with van der Waals surface area (Å²) in [6, 6.07) is 15.3. The minimum Gasteiger partial charge on any atom is -0.484 e. The topological polar surface area (TPSA) is 67.4 Å². The minimum absolute atomic E-state index is 0.0691. The standard InChI is InChI=1S/C22H28N2O3/c1-5-16-8-6-7-9-19(16)24-20(25)14-23-21(26)15-27-18-12-10-17(11-13-18)22(2,3)4/h6-13H,5,14-15H2,1-4H3,(H,23,26)(H,24,25).